The lowest BCUT2D eigenvalue weighted by molar-refractivity contribution is 0.147. The van der Waals surface area contributed by atoms with Gasteiger partial charge in [0.25, 0.3) is 0 Å². The van der Waals surface area contributed by atoms with Crippen LogP contribution >= 0.6 is 0 Å². The molecule has 0 saturated carbocycles. The van der Waals surface area contributed by atoms with E-state index in [2.05, 4.69) is 101 Å². The average molecular weight is 399 g/mol. The van der Waals surface area contributed by atoms with Gasteiger partial charge in [-0.3, -0.25) is 0 Å². The third-order valence-corrected chi connectivity index (χ3v) is 14.8. The minimum Gasteiger partial charge on any atom is -0.410 e. The summed E-state index contributed by atoms with van der Waals surface area (Å²) in [6, 6.07) is 22.2. The Labute approximate surface area is 169 Å². The van der Waals surface area contributed by atoms with E-state index in [0.29, 0.717) is 5.54 Å². The van der Waals surface area contributed by atoms with Gasteiger partial charge in [-0.05, 0) is 30.6 Å². The highest BCUT2D eigenvalue weighted by Gasteiger charge is 2.45. The van der Waals surface area contributed by atoms with E-state index in [4.69, 9.17) is 4.43 Å². The van der Waals surface area contributed by atoms with Crippen LogP contribution in [0.1, 0.15) is 53.4 Å². The minimum absolute atomic E-state index is 0.0189. The molecule has 0 spiro atoms. The monoisotopic (exact) mass is 398 g/mol. The van der Waals surface area contributed by atoms with Crippen molar-refractivity contribution in [1.82, 2.24) is 0 Å². The Morgan fingerprint density at radius 3 is 2.04 bits per heavy atom. The van der Waals surface area contributed by atoms with Crippen LogP contribution in [0.25, 0.3) is 0 Å². The first-order chi connectivity index (χ1) is 12.9. The molecule has 148 valence electrons. The van der Waals surface area contributed by atoms with E-state index in [0.717, 1.165) is 6.42 Å². The maximum atomic E-state index is 7.38. The topological polar surface area (TPSA) is 9.23 Å². The molecular weight excluding hydrogens is 360 g/mol. The first-order valence-electron chi connectivity index (χ1n) is 10.7. The van der Waals surface area contributed by atoms with Crippen molar-refractivity contribution in [2.45, 2.75) is 77.2 Å². The van der Waals surface area contributed by atoms with E-state index < -0.39 is 17.1 Å². The van der Waals surface area contributed by atoms with Crippen molar-refractivity contribution in [3.63, 3.8) is 0 Å². The largest absolute Gasteiger partial charge is 0.410 e. The molecule has 4 unspecified atom stereocenters. The van der Waals surface area contributed by atoms with Crippen LogP contribution in [0.4, 0.5) is 0 Å². The first kappa shape index (κ1) is 22.1. The summed E-state index contributed by atoms with van der Waals surface area (Å²) in [6.45, 7) is 14.4. The lowest BCUT2D eigenvalue weighted by Gasteiger charge is -2.45. The van der Waals surface area contributed by atoms with Crippen molar-refractivity contribution < 1.29 is 4.43 Å². The lowest BCUT2D eigenvalue weighted by atomic mass is 10.2. The zero-order valence-electron chi connectivity index (χ0n) is 18.2. The predicted molar refractivity (Wildman–Crippen MR) is 126 cm³/mol. The van der Waals surface area contributed by atoms with E-state index in [-0.39, 0.29) is 5.22 Å². The molecule has 0 aliphatic rings. The summed E-state index contributed by atoms with van der Waals surface area (Å²) in [6.07, 6.45) is 4.77. The number of benzene rings is 2. The molecule has 0 radical (unpaired) electrons. The van der Waals surface area contributed by atoms with Gasteiger partial charge in [-0.15, -0.1) is 0 Å². The van der Waals surface area contributed by atoms with Crippen molar-refractivity contribution in [1.29, 1.82) is 0 Å². The molecule has 2 aromatic carbocycles. The van der Waals surface area contributed by atoms with Crippen molar-refractivity contribution >= 4 is 27.5 Å². The van der Waals surface area contributed by atoms with Crippen LogP contribution in [-0.2, 0) is 4.43 Å². The maximum Gasteiger partial charge on any atom is 0.224 e. The van der Waals surface area contributed by atoms with E-state index in [1.165, 1.54) is 29.6 Å². The zero-order chi connectivity index (χ0) is 19.9. The van der Waals surface area contributed by atoms with Crippen LogP contribution in [0.15, 0.2) is 60.7 Å². The van der Waals surface area contributed by atoms with Gasteiger partial charge in [0.2, 0.25) is 8.32 Å². The van der Waals surface area contributed by atoms with Gasteiger partial charge in [0.05, 0.1) is 0 Å². The third-order valence-electron chi connectivity index (χ3n) is 6.42. The molecule has 3 heteroatoms. The predicted octanol–water partition coefficient (Wildman–Crippen LogP) is 5.54. The van der Waals surface area contributed by atoms with E-state index >= 15 is 0 Å². The second kappa shape index (κ2) is 9.86. The molecule has 0 heterocycles. The summed E-state index contributed by atoms with van der Waals surface area (Å²) >= 11 is 0. The molecule has 2 rings (SSSR count). The third kappa shape index (κ3) is 5.21. The van der Waals surface area contributed by atoms with Gasteiger partial charge in [-0.2, -0.15) is 0 Å². The van der Waals surface area contributed by atoms with Crippen LogP contribution in [0.2, 0.25) is 18.6 Å². The van der Waals surface area contributed by atoms with Crippen molar-refractivity contribution in [2.24, 2.45) is 0 Å². The normalized spacial score (nSPS) is 18.3. The highest BCUT2D eigenvalue weighted by Crippen LogP contribution is 2.34. The fraction of sp³-hybridized carbons (Fsp3) is 0.500. The molecule has 2 aromatic rings. The van der Waals surface area contributed by atoms with Crippen LogP contribution in [0.3, 0.4) is 0 Å². The van der Waals surface area contributed by atoms with Gasteiger partial charge in [0, 0.05) is 5.22 Å². The molecule has 1 nitrogen and oxygen atoms in total. The number of rotatable bonds is 10. The smallest absolute Gasteiger partial charge is 0.224 e. The summed E-state index contributed by atoms with van der Waals surface area (Å²) in [5.41, 5.74) is 0.609. The summed E-state index contributed by atoms with van der Waals surface area (Å²) in [5, 5.41) is 2.94. The summed E-state index contributed by atoms with van der Waals surface area (Å²) in [5.74, 6) is 0. The molecule has 27 heavy (non-hydrogen) atoms. The van der Waals surface area contributed by atoms with Crippen molar-refractivity contribution in [2.75, 3.05) is 0 Å². The van der Waals surface area contributed by atoms with Gasteiger partial charge in [-0.25, -0.2) is 0 Å². The van der Waals surface area contributed by atoms with Gasteiger partial charge < -0.3 is 4.43 Å². The summed E-state index contributed by atoms with van der Waals surface area (Å²) in [7, 11) is -3.36. The zero-order valence-corrected chi connectivity index (χ0v) is 20.3. The molecule has 0 aliphatic carbocycles. The standard InChI is InChI=1S/C24H38OSi2/c1-7-15-21(3)27(6,23-18-13-10-14-19-23)25-24(4,20-8-2)26(5)22-16-11-9-12-17-22/h9-14,16-19,21,26H,7-8,15,20H2,1-6H3. The van der Waals surface area contributed by atoms with E-state index in [1.54, 1.807) is 0 Å². The van der Waals surface area contributed by atoms with Crippen LogP contribution in [0, 0.1) is 0 Å². The van der Waals surface area contributed by atoms with Crippen molar-refractivity contribution in [3.05, 3.63) is 60.7 Å². The fourth-order valence-corrected chi connectivity index (χ4v) is 11.7. The molecule has 0 N–H and O–H groups in total. The van der Waals surface area contributed by atoms with Crippen molar-refractivity contribution in [3.8, 4) is 0 Å². The SMILES string of the molecule is CCCC(C)[Si](C)(OC(C)(CCC)[SiH](C)c1ccccc1)c1ccccc1. The molecule has 0 amide bonds. The average Bonchev–Trinajstić information content (AvgIpc) is 2.69. The van der Waals surface area contributed by atoms with Crippen LogP contribution in [0.5, 0.6) is 0 Å². The molecule has 4 atom stereocenters. The highest BCUT2D eigenvalue weighted by molar-refractivity contribution is 6.87. The quantitative estimate of drug-likeness (QED) is 0.478. The Hall–Kier alpha value is -1.17. The number of hydrogen-bond donors (Lipinski definition) is 0. The first-order valence-corrected chi connectivity index (χ1v) is 15.5. The Morgan fingerprint density at radius 1 is 0.963 bits per heavy atom. The minimum atomic E-state index is -2.08. The molecular formula is C24H38OSi2. The lowest BCUT2D eigenvalue weighted by Crippen LogP contribution is -2.62. The van der Waals surface area contributed by atoms with Gasteiger partial charge in [0.1, 0.15) is 8.80 Å². The summed E-state index contributed by atoms with van der Waals surface area (Å²) < 4.78 is 7.38. The Balaban J connectivity index is 2.44. The van der Waals surface area contributed by atoms with Crippen LogP contribution in [-0.4, -0.2) is 22.3 Å². The molecule has 0 aliphatic heterocycles. The van der Waals surface area contributed by atoms with Crippen LogP contribution < -0.4 is 10.4 Å². The Morgan fingerprint density at radius 2 is 1.52 bits per heavy atom. The van der Waals surface area contributed by atoms with Gasteiger partial charge in [0.15, 0.2) is 0 Å². The van der Waals surface area contributed by atoms with Gasteiger partial charge >= 0.3 is 0 Å². The molecule has 0 bridgehead atoms. The second-order valence-electron chi connectivity index (χ2n) is 8.46. The maximum absolute atomic E-state index is 7.38. The van der Waals surface area contributed by atoms with E-state index in [9.17, 15) is 0 Å². The Bertz CT molecular complexity index is 675. The highest BCUT2D eigenvalue weighted by atomic mass is 28.4. The molecule has 0 saturated heterocycles. The molecule has 0 fully saturated rings. The second-order valence-corrected chi connectivity index (χ2v) is 15.8. The molecule has 0 aromatic heterocycles. The Kier molecular flexibility index (Phi) is 8.08. The summed E-state index contributed by atoms with van der Waals surface area (Å²) in [4.78, 5) is 0. The number of hydrogen-bond acceptors (Lipinski definition) is 1. The van der Waals surface area contributed by atoms with Gasteiger partial charge in [-0.1, -0.05) is 112 Å². The fourth-order valence-electron chi connectivity index (χ4n) is 4.35. The van der Waals surface area contributed by atoms with E-state index in [1.807, 2.05) is 0 Å².